The van der Waals surface area contributed by atoms with E-state index in [9.17, 15) is 10.2 Å². The Balaban J connectivity index is 2.01. The molecule has 0 aliphatic heterocycles. The zero-order chi connectivity index (χ0) is 41.2. The summed E-state index contributed by atoms with van der Waals surface area (Å²) in [4.78, 5) is 0. The number of rotatable bonds is 35. The Morgan fingerprint density at radius 1 is 0.345 bits per heavy atom. The molecule has 0 aromatic heterocycles. The summed E-state index contributed by atoms with van der Waals surface area (Å²) in [6.07, 6.45) is 35.7. The van der Waals surface area contributed by atoms with Crippen molar-refractivity contribution in [2.24, 2.45) is 53.3 Å². The van der Waals surface area contributed by atoms with Crippen molar-refractivity contribution in [3.63, 3.8) is 0 Å². The van der Waals surface area contributed by atoms with Crippen LogP contribution < -0.4 is 0 Å². The van der Waals surface area contributed by atoms with Gasteiger partial charge in [-0.2, -0.15) is 0 Å². The molecule has 0 spiro atoms. The molecule has 8 atom stereocenters. The van der Waals surface area contributed by atoms with Crippen molar-refractivity contribution in [3.05, 3.63) is 22.8 Å². The number of aryl methyl sites for hydroxylation is 1. The van der Waals surface area contributed by atoms with Crippen LogP contribution in [0.1, 0.15) is 246 Å². The van der Waals surface area contributed by atoms with Gasteiger partial charge in [0.1, 0.15) is 11.5 Å². The lowest BCUT2D eigenvalue weighted by molar-refractivity contribution is 0.353. The second kappa shape index (κ2) is 30.8. The normalized spacial score (nSPS) is 16.5. The predicted octanol–water partition coefficient (Wildman–Crippen LogP) is 17.8. The molecule has 2 nitrogen and oxygen atoms in total. The van der Waals surface area contributed by atoms with E-state index < -0.39 is 0 Å². The van der Waals surface area contributed by atoms with Crippen LogP contribution in [0.5, 0.6) is 11.5 Å². The third-order valence-corrected chi connectivity index (χ3v) is 14.1. The largest absolute Gasteiger partial charge is 0.508 e. The highest BCUT2D eigenvalue weighted by molar-refractivity contribution is 5.51. The molecule has 0 aliphatic rings. The maximum atomic E-state index is 10.5. The van der Waals surface area contributed by atoms with Crippen molar-refractivity contribution < 1.29 is 10.2 Å². The summed E-state index contributed by atoms with van der Waals surface area (Å²) in [5.41, 5.74) is 2.49. The van der Waals surface area contributed by atoms with E-state index in [1.165, 1.54) is 154 Å². The van der Waals surface area contributed by atoms with Crippen molar-refractivity contribution in [2.45, 2.75) is 250 Å². The lowest BCUT2D eigenvalue weighted by Gasteiger charge is -2.18. The van der Waals surface area contributed by atoms with Gasteiger partial charge < -0.3 is 10.2 Å². The second-order valence-electron chi connectivity index (χ2n) is 20.9. The fourth-order valence-electron chi connectivity index (χ4n) is 9.28. The quantitative estimate of drug-likeness (QED) is 0.0675. The van der Waals surface area contributed by atoms with E-state index in [-0.39, 0.29) is 0 Å². The minimum atomic E-state index is 0.306. The van der Waals surface area contributed by atoms with Crippen molar-refractivity contribution in [1.82, 2.24) is 0 Å². The van der Waals surface area contributed by atoms with Crippen LogP contribution in [0.2, 0.25) is 0 Å². The predicted molar refractivity (Wildman–Crippen MR) is 247 cm³/mol. The summed E-state index contributed by atoms with van der Waals surface area (Å²) in [6.45, 7) is 28.3. The lowest BCUT2D eigenvalue weighted by Crippen LogP contribution is -2.03. The summed E-state index contributed by atoms with van der Waals surface area (Å²) < 4.78 is 0. The minimum absolute atomic E-state index is 0.306. The highest BCUT2D eigenvalue weighted by Gasteiger charge is 2.14. The smallest absolute Gasteiger partial charge is 0.122 e. The Bertz CT molecular complexity index is 1060. The van der Waals surface area contributed by atoms with Crippen LogP contribution >= 0.6 is 0 Å². The summed E-state index contributed by atoms with van der Waals surface area (Å²) in [7, 11) is 0. The van der Waals surface area contributed by atoms with Gasteiger partial charge in [-0.3, -0.25) is 0 Å². The van der Waals surface area contributed by atoms with Crippen molar-refractivity contribution in [3.8, 4) is 11.5 Å². The molecule has 2 heteroatoms. The van der Waals surface area contributed by atoms with Gasteiger partial charge in [0, 0.05) is 0 Å². The van der Waals surface area contributed by atoms with Crippen LogP contribution in [0.15, 0.2) is 6.07 Å². The molecule has 1 aromatic rings. The Hall–Kier alpha value is -1.18. The topological polar surface area (TPSA) is 40.5 Å². The molecule has 1 aromatic carbocycles. The highest BCUT2D eigenvalue weighted by atomic mass is 16.3. The van der Waals surface area contributed by atoms with E-state index in [1.807, 2.05) is 13.8 Å². The summed E-state index contributed by atoms with van der Waals surface area (Å²) >= 11 is 0. The average molecular weight is 769 g/mol. The summed E-state index contributed by atoms with van der Waals surface area (Å²) in [5.74, 6) is 8.42. The van der Waals surface area contributed by atoms with E-state index >= 15 is 0 Å². The van der Waals surface area contributed by atoms with Gasteiger partial charge in [-0.05, 0) is 103 Å². The maximum Gasteiger partial charge on any atom is 0.122 e. The molecule has 8 unspecified atom stereocenters. The van der Waals surface area contributed by atoms with Crippen molar-refractivity contribution in [2.75, 3.05) is 0 Å². The molecule has 324 valence electrons. The maximum absolute atomic E-state index is 10.5. The molecule has 0 saturated heterocycles. The van der Waals surface area contributed by atoms with Gasteiger partial charge in [-0.15, -0.1) is 0 Å². The van der Waals surface area contributed by atoms with Gasteiger partial charge in [-0.1, -0.05) is 223 Å². The van der Waals surface area contributed by atoms with E-state index in [2.05, 4.69) is 69.2 Å². The molecule has 0 bridgehead atoms. The number of phenols is 2. The van der Waals surface area contributed by atoms with Crippen LogP contribution in [0, 0.1) is 67.1 Å². The Morgan fingerprint density at radius 3 is 0.836 bits per heavy atom. The standard InChI is InChI=1S/C53H100O2/c1-40(2)21-13-22-41(3)23-14-24-42(4)25-15-26-43(5)27-16-28-44(6)29-17-30-45(7)31-18-32-46(8)33-19-34-47(9)35-20-36-48(10)37-38-51-39-52(54)49(11)50(12)53(51)55/h39-48,54-55H,13-38H2,1-12H3. The average Bonchev–Trinajstić information content (AvgIpc) is 3.11. The zero-order valence-electron chi connectivity index (χ0n) is 39.6. The molecule has 2 N–H and O–H groups in total. The van der Waals surface area contributed by atoms with Gasteiger partial charge in [0.25, 0.3) is 0 Å². The van der Waals surface area contributed by atoms with E-state index in [1.54, 1.807) is 6.07 Å². The van der Waals surface area contributed by atoms with Gasteiger partial charge in [0.05, 0.1) is 0 Å². The molecule has 55 heavy (non-hydrogen) atoms. The first-order valence-electron chi connectivity index (χ1n) is 24.6. The summed E-state index contributed by atoms with van der Waals surface area (Å²) in [5, 5.41) is 20.7. The molecule has 0 amide bonds. The van der Waals surface area contributed by atoms with Crippen LogP contribution in [-0.4, -0.2) is 10.2 Å². The molecular weight excluding hydrogens is 669 g/mol. The molecule has 0 aliphatic carbocycles. The van der Waals surface area contributed by atoms with Gasteiger partial charge in [0.15, 0.2) is 0 Å². The van der Waals surface area contributed by atoms with E-state index in [4.69, 9.17) is 0 Å². The van der Waals surface area contributed by atoms with Crippen molar-refractivity contribution >= 4 is 0 Å². The van der Waals surface area contributed by atoms with Crippen molar-refractivity contribution in [1.29, 1.82) is 0 Å². The third-order valence-electron chi connectivity index (χ3n) is 14.1. The number of aromatic hydroxyl groups is 2. The SMILES string of the molecule is Cc1c(O)cc(CCC(C)CCCC(C)CCCC(C)CCCC(C)CCCC(C)CCCC(C)CCCC(C)CCCC(C)CCCC(C)C)c(O)c1C. The minimum Gasteiger partial charge on any atom is -0.508 e. The zero-order valence-corrected chi connectivity index (χ0v) is 39.6. The third kappa shape index (κ3) is 26.4. The van der Waals surface area contributed by atoms with Crippen LogP contribution in [0.3, 0.4) is 0 Å². The Kier molecular flexibility index (Phi) is 29.1. The second-order valence-corrected chi connectivity index (χ2v) is 20.9. The van der Waals surface area contributed by atoms with Crippen LogP contribution in [-0.2, 0) is 6.42 Å². The van der Waals surface area contributed by atoms with Gasteiger partial charge >= 0.3 is 0 Å². The Labute approximate surface area is 346 Å². The van der Waals surface area contributed by atoms with Gasteiger partial charge in [0.2, 0.25) is 0 Å². The number of hydrogen-bond donors (Lipinski definition) is 2. The van der Waals surface area contributed by atoms with Gasteiger partial charge in [-0.25, -0.2) is 0 Å². The van der Waals surface area contributed by atoms with Crippen LogP contribution in [0.4, 0.5) is 0 Å². The first kappa shape index (κ1) is 51.8. The highest BCUT2D eigenvalue weighted by Crippen LogP contribution is 2.34. The molecular formula is C53H100O2. The molecule has 1 rings (SSSR count). The Morgan fingerprint density at radius 2 is 0.582 bits per heavy atom. The monoisotopic (exact) mass is 769 g/mol. The fourth-order valence-corrected chi connectivity index (χ4v) is 9.28. The van der Waals surface area contributed by atoms with E-state index in [0.29, 0.717) is 17.4 Å². The first-order chi connectivity index (χ1) is 26.1. The number of phenolic OH excluding ortho intramolecular Hbond substituents is 2. The fraction of sp³-hybridized carbons (Fsp3) is 0.887. The number of hydrogen-bond acceptors (Lipinski definition) is 2. The molecule has 0 fully saturated rings. The number of benzene rings is 1. The molecule has 0 radical (unpaired) electrons. The molecule has 0 saturated carbocycles. The first-order valence-corrected chi connectivity index (χ1v) is 24.6. The lowest BCUT2D eigenvalue weighted by atomic mass is 9.88. The van der Waals surface area contributed by atoms with E-state index in [0.717, 1.165) is 76.9 Å². The molecule has 0 heterocycles. The summed E-state index contributed by atoms with van der Waals surface area (Å²) in [6, 6.07) is 1.76. The van der Waals surface area contributed by atoms with Crippen LogP contribution in [0.25, 0.3) is 0 Å².